The third-order valence-electron chi connectivity index (χ3n) is 2.86. The van der Waals surface area contributed by atoms with Gasteiger partial charge in [-0.1, -0.05) is 6.92 Å². The Morgan fingerprint density at radius 1 is 1.50 bits per heavy atom. The van der Waals surface area contributed by atoms with Crippen molar-refractivity contribution in [1.82, 2.24) is 4.90 Å². The molecule has 0 aromatic rings. The number of carbonyl (C=O) groups excluding carboxylic acids is 1. The molecule has 1 saturated heterocycles. The number of likely N-dealkylation sites (tertiary alicyclic amines) is 1. The summed E-state index contributed by atoms with van der Waals surface area (Å²) in [4.78, 5) is 13.4. The fraction of sp³-hybridized carbons (Fsp3) is 0.909. The Labute approximate surface area is 85.5 Å². The summed E-state index contributed by atoms with van der Waals surface area (Å²) in [6.07, 6.45) is 1.45. The van der Waals surface area contributed by atoms with Crippen LogP contribution in [0.25, 0.3) is 0 Å². The zero-order chi connectivity index (χ0) is 10.7. The number of carbonyl (C=O) groups is 1. The molecule has 82 valence electrons. The van der Waals surface area contributed by atoms with Gasteiger partial charge in [0.1, 0.15) is 0 Å². The van der Waals surface area contributed by atoms with Gasteiger partial charge in [0.25, 0.3) is 0 Å². The zero-order valence-corrected chi connectivity index (χ0v) is 9.29. The Bertz CT molecular complexity index is 205. The van der Waals surface area contributed by atoms with E-state index in [1.165, 1.54) is 0 Å². The average molecular weight is 201 g/mol. The van der Waals surface area contributed by atoms with Gasteiger partial charge in [-0.05, 0) is 32.1 Å². The van der Waals surface area contributed by atoms with E-state index in [0.717, 1.165) is 13.0 Å². The van der Waals surface area contributed by atoms with Crippen molar-refractivity contribution in [1.29, 1.82) is 0 Å². The standard InChI is InChI=1S/C11H20FNO/c1-8(2)13-7-10(5-11(13)14)4-9(3)6-12/h8-10H,4-7H2,1-3H3. The van der Waals surface area contributed by atoms with Gasteiger partial charge in [-0.2, -0.15) is 0 Å². The highest BCUT2D eigenvalue weighted by Gasteiger charge is 2.31. The number of amides is 1. The molecule has 3 heteroatoms. The van der Waals surface area contributed by atoms with Crippen molar-refractivity contribution in [2.24, 2.45) is 11.8 Å². The van der Waals surface area contributed by atoms with Crippen LogP contribution in [-0.2, 0) is 4.79 Å². The van der Waals surface area contributed by atoms with Gasteiger partial charge in [-0.3, -0.25) is 9.18 Å². The van der Waals surface area contributed by atoms with Crippen LogP contribution in [0.3, 0.4) is 0 Å². The predicted octanol–water partition coefficient (Wildman–Crippen LogP) is 2.24. The van der Waals surface area contributed by atoms with Crippen molar-refractivity contribution in [3.8, 4) is 0 Å². The number of rotatable bonds is 4. The molecule has 2 nitrogen and oxygen atoms in total. The number of hydrogen-bond donors (Lipinski definition) is 0. The molecular formula is C11H20FNO. The van der Waals surface area contributed by atoms with Crippen LogP contribution in [0.4, 0.5) is 4.39 Å². The maximum Gasteiger partial charge on any atom is 0.223 e. The molecule has 14 heavy (non-hydrogen) atoms. The summed E-state index contributed by atoms with van der Waals surface area (Å²) in [7, 11) is 0. The third-order valence-corrected chi connectivity index (χ3v) is 2.86. The molecule has 0 radical (unpaired) electrons. The van der Waals surface area contributed by atoms with Crippen molar-refractivity contribution in [3.63, 3.8) is 0 Å². The van der Waals surface area contributed by atoms with E-state index in [1.807, 2.05) is 25.7 Å². The van der Waals surface area contributed by atoms with Crippen LogP contribution in [0, 0.1) is 11.8 Å². The van der Waals surface area contributed by atoms with Gasteiger partial charge in [0.05, 0.1) is 6.67 Å². The molecule has 1 aliphatic heterocycles. The van der Waals surface area contributed by atoms with Crippen molar-refractivity contribution < 1.29 is 9.18 Å². The molecule has 0 saturated carbocycles. The van der Waals surface area contributed by atoms with E-state index in [-0.39, 0.29) is 24.5 Å². The molecule has 1 rings (SSSR count). The highest BCUT2D eigenvalue weighted by atomic mass is 19.1. The lowest BCUT2D eigenvalue weighted by molar-refractivity contribution is -0.129. The normalized spacial score (nSPS) is 24.8. The monoisotopic (exact) mass is 201 g/mol. The van der Waals surface area contributed by atoms with Gasteiger partial charge in [0, 0.05) is 19.0 Å². The lowest BCUT2D eigenvalue weighted by atomic mass is 9.96. The smallest absolute Gasteiger partial charge is 0.223 e. The molecule has 0 spiro atoms. The second-order valence-electron chi connectivity index (χ2n) is 4.71. The van der Waals surface area contributed by atoms with E-state index in [9.17, 15) is 9.18 Å². The van der Waals surface area contributed by atoms with Gasteiger partial charge < -0.3 is 4.90 Å². The second-order valence-corrected chi connectivity index (χ2v) is 4.71. The largest absolute Gasteiger partial charge is 0.340 e. The molecular weight excluding hydrogens is 181 g/mol. The summed E-state index contributed by atoms with van der Waals surface area (Å²) in [5.74, 6) is 0.701. The molecule has 0 aromatic heterocycles. The van der Waals surface area contributed by atoms with Gasteiger partial charge in [0.15, 0.2) is 0 Å². The summed E-state index contributed by atoms with van der Waals surface area (Å²) in [5.41, 5.74) is 0. The van der Waals surface area contributed by atoms with Crippen LogP contribution in [-0.4, -0.2) is 30.1 Å². The highest BCUT2D eigenvalue weighted by molar-refractivity contribution is 5.78. The quantitative estimate of drug-likeness (QED) is 0.683. The van der Waals surface area contributed by atoms with Crippen molar-refractivity contribution in [3.05, 3.63) is 0 Å². The van der Waals surface area contributed by atoms with Crippen LogP contribution in [0.5, 0.6) is 0 Å². The van der Waals surface area contributed by atoms with E-state index < -0.39 is 0 Å². The van der Waals surface area contributed by atoms with E-state index in [4.69, 9.17) is 0 Å². The first-order chi connectivity index (χ1) is 6.54. The Morgan fingerprint density at radius 3 is 2.57 bits per heavy atom. The van der Waals surface area contributed by atoms with Crippen LogP contribution < -0.4 is 0 Å². The lowest BCUT2D eigenvalue weighted by Crippen LogP contribution is -2.32. The molecule has 2 atom stereocenters. The Balaban J connectivity index is 2.42. The summed E-state index contributed by atoms with van der Waals surface area (Å²) in [6, 6.07) is 0.285. The number of halogens is 1. The average Bonchev–Trinajstić information content (AvgIpc) is 2.46. The highest BCUT2D eigenvalue weighted by Crippen LogP contribution is 2.25. The van der Waals surface area contributed by atoms with Crippen LogP contribution >= 0.6 is 0 Å². The predicted molar refractivity (Wildman–Crippen MR) is 54.7 cm³/mol. The lowest BCUT2D eigenvalue weighted by Gasteiger charge is -2.21. The first-order valence-corrected chi connectivity index (χ1v) is 5.40. The van der Waals surface area contributed by atoms with Gasteiger partial charge in [-0.25, -0.2) is 0 Å². The number of alkyl halides is 1. The zero-order valence-electron chi connectivity index (χ0n) is 9.29. The Morgan fingerprint density at radius 2 is 2.14 bits per heavy atom. The van der Waals surface area contributed by atoms with Gasteiger partial charge in [0.2, 0.25) is 5.91 Å². The third kappa shape index (κ3) is 2.69. The topological polar surface area (TPSA) is 20.3 Å². The molecule has 1 fully saturated rings. The van der Waals surface area contributed by atoms with Crippen LogP contribution in [0.1, 0.15) is 33.6 Å². The van der Waals surface area contributed by atoms with E-state index in [0.29, 0.717) is 12.3 Å². The van der Waals surface area contributed by atoms with Crippen LogP contribution in [0.2, 0.25) is 0 Å². The first-order valence-electron chi connectivity index (χ1n) is 5.40. The van der Waals surface area contributed by atoms with Crippen molar-refractivity contribution >= 4 is 5.91 Å². The summed E-state index contributed by atoms with van der Waals surface area (Å²) >= 11 is 0. The molecule has 0 aliphatic carbocycles. The minimum Gasteiger partial charge on any atom is -0.340 e. The Hall–Kier alpha value is -0.600. The first kappa shape index (κ1) is 11.5. The van der Waals surface area contributed by atoms with Crippen LogP contribution in [0.15, 0.2) is 0 Å². The van der Waals surface area contributed by atoms with E-state index >= 15 is 0 Å². The SMILES string of the molecule is CC(CF)CC1CC(=O)N(C(C)C)C1. The molecule has 1 heterocycles. The summed E-state index contributed by atoms with van der Waals surface area (Å²) in [5, 5.41) is 0. The second kappa shape index (κ2) is 4.76. The maximum absolute atomic E-state index is 12.3. The molecule has 0 N–H and O–H groups in total. The summed E-state index contributed by atoms with van der Waals surface area (Å²) < 4.78 is 12.3. The van der Waals surface area contributed by atoms with Crippen molar-refractivity contribution in [2.75, 3.05) is 13.2 Å². The number of hydrogen-bond acceptors (Lipinski definition) is 1. The minimum absolute atomic E-state index is 0.0971. The summed E-state index contributed by atoms with van der Waals surface area (Å²) in [6.45, 7) is 6.51. The van der Waals surface area contributed by atoms with E-state index in [1.54, 1.807) is 0 Å². The molecule has 0 aromatic carbocycles. The maximum atomic E-state index is 12.3. The number of nitrogens with zero attached hydrogens (tertiary/aromatic N) is 1. The van der Waals surface area contributed by atoms with Gasteiger partial charge >= 0.3 is 0 Å². The molecule has 2 unspecified atom stereocenters. The molecule has 0 bridgehead atoms. The van der Waals surface area contributed by atoms with E-state index in [2.05, 4.69) is 0 Å². The fourth-order valence-corrected chi connectivity index (χ4v) is 2.10. The van der Waals surface area contributed by atoms with Gasteiger partial charge in [-0.15, -0.1) is 0 Å². The fourth-order valence-electron chi connectivity index (χ4n) is 2.10. The molecule has 1 amide bonds. The minimum atomic E-state index is -0.271. The molecule has 1 aliphatic rings. The Kier molecular flexibility index (Phi) is 3.90. The van der Waals surface area contributed by atoms with Crippen molar-refractivity contribution in [2.45, 2.75) is 39.7 Å².